The van der Waals surface area contributed by atoms with Gasteiger partial charge >= 0.3 is 5.97 Å². The molecule has 0 heterocycles. The van der Waals surface area contributed by atoms with E-state index in [0.29, 0.717) is 12.8 Å². The molecule has 1 N–H and O–H groups in total. The Hall–Kier alpha value is -1.45. The molecule has 1 aromatic carbocycles. The first-order valence-corrected chi connectivity index (χ1v) is 7.58. The van der Waals surface area contributed by atoms with Gasteiger partial charge in [-0.1, -0.05) is 32.8 Å². The Kier molecular flexibility index (Phi) is 4.35. The van der Waals surface area contributed by atoms with Crippen LogP contribution in [-0.2, 0) is 10.2 Å². The van der Waals surface area contributed by atoms with Gasteiger partial charge in [-0.3, -0.25) is 4.79 Å². The van der Waals surface area contributed by atoms with Crippen LogP contribution in [0.5, 0.6) is 0 Å². The molecule has 0 atom stereocenters. The van der Waals surface area contributed by atoms with E-state index in [-0.39, 0.29) is 11.0 Å². The van der Waals surface area contributed by atoms with E-state index >= 15 is 0 Å². The average molecular weight is 296 g/mol. The highest BCUT2D eigenvalue weighted by Crippen LogP contribution is 2.60. The summed E-state index contributed by atoms with van der Waals surface area (Å²) in [5.74, 6) is -2.43. The molecule has 1 fully saturated rings. The number of halogens is 2. The molecular weight excluding hydrogens is 274 g/mol. The second kappa shape index (κ2) is 5.74. The number of rotatable bonds is 6. The predicted molar refractivity (Wildman–Crippen MR) is 77.2 cm³/mol. The maximum atomic E-state index is 14.0. The molecule has 1 saturated carbocycles. The molecule has 2 nitrogen and oxygen atoms in total. The summed E-state index contributed by atoms with van der Waals surface area (Å²) in [5, 5.41) is 9.64. The quantitative estimate of drug-likeness (QED) is 0.828. The third-order valence-electron chi connectivity index (χ3n) is 4.77. The van der Waals surface area contributed by atoms with Gasteiger partial charge in [0.05, 0.1) is 5.41 Å². The monoisotopic (exact) mass is 296 g/mol. The van der Waals surface area contributed by atoms with Crippen LogP contribution >= 0.6 is 0 Å². The normalized spacial score (nSPS) is 19.0. The zero-order valence-electron chi connectivity index (χ0n) is 12.6. The van der Waals surface area contributed by atoms with Gasteiger partial charge in [0.1, 0.15) is 11.6 Å². The van der Waals surface area contributed by atoms with E-state index in [1.807, 2.05) is 0 Å². The van der Waals surface area contributed by atoms with Crippen molar-refractivity contribution in [3.8, 4) is 0 Å². The highest BCUT2D eigenvalue weighted by molar-refractivity contribution is 5.83. The SMILES string of the molecule is CCCC1(CCC)CC(C(=O)O)(c2ccc(F)cc2F)C1. The zero-order chi connectivity index (χ0) is 15.7. The fourth-order valence-corrected chi connectivity index (χ4v) is 4.10. The Balaban J connectivity index is 2.35. The highest BCUT2D eigenvalue weighted by Gasteiger charge is 2.59. The van der Waals surface area contributed by atoms with Crippen LogP contribution in [0.15, 0.2) is 18.2 Å². The molecule has 4 heteroatoms. The van der Waals surface area contributed by atoms with Crippen LogP contribution in [-0.4, -0.2) is 11.1 Å². The summed E-state index contributed by atoms with van der Waals surface area (Å²) >= 11 is 0. The Morgan fingerprint density at radius 3 is 2.19 bits per heavy atom. The molecular formula is C17H22F2O2. The summed E-state index contributed by atoms with van der Waals surface area (Å²) in [6.45, 7) is 4.16. The van der Waals surface area contributed by atoms with Crippen molar-refractivity contribution in [2.75, 3.05) is 0 Å². The minimum atomic E-state index is -1.19. The van der Waals surface area contributed by atoms with E-state index < -0.39 is 23.0 Å². The molecule has 0 aliphatic heterocycles. The van der Waals surface area contributed by atoms with Gasteiger partial charge in [0.15, 0.2) is 0 Å². The van der Waals surface area contributed by atoms with Crippen molar-refractivity contribution in [3.63, 3.8) is 0 Å². The fourth-order valence-electron chi connectivity index (χ4n) is 4.10. The third kappa shape index (κ3) is 2.68. The second-order valence-electron chi connectivity index (χ2n) is 6.36. The Morgan fingerprint density at radius 2 is 1.76 bits per heavy atom. The van der Waals surface area contributed by atoms with E-state index in [2.05, 4.69) is 13.8 Å². The fraction of sp³-hybridized carbons (Fsp3) is 0.588. The summed E-state index contributed by atoms with van der Waals surface area (Å²) in [6, 6.07) is 3.21. The summed E-state index contributed by atoms with van der Waals surface area (Å²) in [4.78, 5) is 11.8. The molecule has 0 saturated heterocycles. The first-order chi connectivity index (χ1) is 9.89. The van der Waals surface area contributed by atoms with Crippen molar-refractivity contribution in [2.24, 2.45) is 5.41 Å². The summed E-state index contributed by atoms with van der Waals surface area (Å²) in [7, 11) is 0. The van der Waals surface area contributed by atoms with Crippen molar-refractivity contribution in [3.05, 3.63) is 35.4 Å². The molecule has 1 aliphatic carbocycles. The maximum absolute atomic E-state index is 14.0. The summed E-state index contributed by atoms with van der Waals surface area (Å²) in [5.41, 5.74) is -1.08. The molecule has 21 heavy (non-hydrogen) atoms. The van der Waals surface area contributed by atoms with Crippen LogP contribution in [0, 0.1) is 17.0 Å². The number of carboxylic acids is 1. The molecule has 0 unspecified atom stereocenters. The van der Waals surface area contributed by atoms with Gasteiger partial charge in [-0.25, -0.2) is 8.78 Å². The largest absolute Gasteiger partial charge is 0.481 e. The van der Waals surface area contributed by atoms with Gasteiger partial charge in [0, 0.05) is 11.6 Å². The average Bonchev–Trinajstić information content (AvgIpc) is 2.35. The van der Waals surface area contributed by atoms with Crippen LogP contribution in [0.2, 0.25) is 0 Å². The van der Waals surface area contributed by atoms with Crippen molar-refractivity contribution < 1.29 is 18.7 Å². The van der Waals surface area contributed by atoms with Crippen LogP contribution < -0.4 is 0 Å². The van der Waals surface area contributed by atoms with Gasteiger partial charge < -0.3 is 5.11 Å². The third-order valence-corrected chi connectivity index (χ3v) is 4.77. The molecule has 0 aromatic heterocycles. The van der Waals surface area contributed by atoms with Crippen molar-refractivity contribution in [1.29, 1.82) is 0 Å². The number of hydrogen-bond donors (Lipinski definition) is 1. The van der Waals surface area contributed by atoms with E-state index in [0.717, 1.165) is 37.8 Å². The molecule has 1 aromatic rings. The van der Waals surface area contributed by atoms with Crippen molar-refractivity contribution in [2.45, 2.75) is 57.8 Å². The topological polar surface area (TPSA) is 37.3 Å². The van der Waals surface area contributed by atoms with Gasteiger partial charge in [-0.2, -0.15) is 0 Å². The number of carboxylic acid groups (broad SMARTS) is 1. The van der Waals surface area contributed by atoms with E-state index in [4.69, 9.17) is 0 Å². The minimum Gasteiger partial charge on any atom is -0.481 e. The maximum Gasteiger partial charge on any atom is 0.314 e. The number of carbonyl (C=O) groups is 1. The minimum absolute atomic E-state index is 0.0112. The smallest absolute Gasteiger partial charge is 0.314 e. The number of hydrogen-bond acceptors (Lipinski definition) is 1. The summed E-state index contributed by atoms with van der Waals surface area (Å²) < 4.78 is 27.1. The van der Waals surface area contributed by atoms with Crippen molar-refractivity contribution >= 4 is 5.97 Å². The molecule has 0 bridgehead atoms. The zero-order valence-corrected chi connectivity index (χ0v) is 12.6. The number of aliphatic carboxylic acids is 1. The van der Waals surface area contributed by atoms with Gasteiger partial charge in [-0.15, -0.1) is 0 Å². The van der Waals surface area contributed by atoms with Crippen molar-refractivity contribution in [1.82, 2.24) is 0 Å². The lowest BCUT2D eigenvalue weighted by molar-refractivity contribution is -0.156. The van der Waals surface area contributed by atoms with Crippen LogP contribution in [0.4, 0.5) is 8.78 Å². The highest BCUT2D eigenvalue weighted by atomic mass is 19.1. The second-order valence-corrected chi connectivity index (χ2v) is 6.36. The van der Waals surface area contributed by atoms with E-state index in [1.54, 1.807) is 0 Å². The van der Waals surface area contributed by atoms with E-state index in [9.17, 15) is 18.7 Å². The molecule has 2 rings (SSSR count). The Morgan fingerprint density at radius 1 is 1.19 bits per heavy atom. The Bertz CT molecular complexity index is 526. The van der Waals surface area contributed by atoms with Crippen LogP contribution in [0.25, 0.3) is 0 Å². The van der Waals surface area contributed by atoms with E-state index in [1.165, 1.54) is 6.07 Å². The lowest BCUT2D eigenvalue weighted by Gasteiger charge is -2.54. The summed E-state index contributed by atoms with van der Waals surface area (Å²) in [6.07, 6.45) is 4.78. The van der Waals surface area contributed by atoms with Gasteiger partial charge in [0.25, 0.3) is 0 Å². The lowest BCUT2D eigenvalue weighted by Crippen LogP contribution is -2.55. The molecule has 0 amide bonds. The molecule has 0 spiro atoms. The van der Waals surface area contributed by atoms with Gasteiger partial charge in [-0.05, 0) is 37.2 Å². The van der Waals surface area contributed by atoms with Crippen LogP contribution in [0.1, 0.15) is 57.9 Å². The first-order valence-electron chi connectivity index (χ1n) is 7.58. The first kappa shape index (κ1) is 15.9. The molecule has 0 radical (unpaired) electrons. The molecule has 1 aliphatic rings. The Labute approximate surface area is 124 Å². The number of benzene rings is 1. The predicted octanol–water partition coefficient (Wildman–Crippen LogP) is 4.67. The van der Waals surface area contributed by atoms with Gasteiger partial charge in [0.2, 0.25) is 0 Å². The standard InChI is InChI=1S/C17H22F2O2/c1-3-7-16(8-4-2)10-17(11-16,15(20)21)13-6-5-12(18)9-14(13)19/h5-6,9H,3-4,7-8,10-11H2,1-2H3,(H,20,21). The van der Waals surface area contributed by atoms with Crippen LogP contribution in [0.3, 0.4) is 0 Å². The molecule has 116 valence electrons. The lowest BCUT2D eigenvalue weighted by atomic mass is 9.48.